The SMILES string of the molecule is CCN1C(=O)c2cccnc2Sc2cc(NC(=O)c3cccc(Cl)c3)ccc21. The van der Waals surface area contributed by atoms with Gasteiger partial charge in [0.1, 0.15) is 5.03 Å². The fourth-order valence-corrected chi connectivity index (χ4v) is 4.28. The number of nitrogens with one attached hydrogen (secondary N) is 1. The van der Waals surface area contributed by atoms with E-state index < -0.39 is 0 Å². The lowest BCUT2D eigenvalue weighted by molar-refractivity contribution is 0.0983. The van der Waals surface area contributed by atoms with Gasteiger partial charge in [0.2, 0.25) is 0 Å². The van der Waals surface area contributed by atoms with Gasteiger partial charge in [-0.2, -0.15) is 0 Å². The number of fused-ring (bicyclic) bond motifs is 2. The second kappa shape index (κ2) is 7.66. The van der Waals surface area contributed by atoms with E-state index in [9.17, 15) is 9.59 Å². The molecule has 0 atom stereocenters. The summed E-state index contributed by atoms with van der Waals surface area (Å²) in [6.07, 6.45) is 1.67. The first-order valence-corrected chi connectivity index (χ1v) is 9.92. The van der Waals surface area contributed by atoms with Gasteiger partial charge in [-0.3, -0.25) is 9.59 Å². The van der Waals surface area contributed by atoms with Crippen LogP contribution in [0.1, 0.15) is 27.6 Å². The number of anilines is 2. The van der Waals surface area contributed by atoms with Gasteiger partial charge in [0.05, 0.1) is 11.3 Å². The lowest BCUT2D eigenvalue weighted by atomic mass is 10.2. The van der Waals surface area contributed by atoms with Crippen molar-refractivity contribution in [1.29, 1.82) is 0 Å². The number of carbonyl (C=O) groups excluding carboxylic acids is 2. The molecule has 0 spiro atoms. The monoisotopic (exact) mass is 409 g/mol. The first kappa shape index (κ1) is 18.5. The van der Waals surface area contributed by atoms with E-state index in [1.807, 2.05) is 19.1 Å². The Kier molecular flexibility index (Phi) is 5.07. The molecule has 0 saturated carbocycles. The van der Waals surface area contributed by atoms with Gasteiger partial charge >= 0.3 is 0 Å². The van der Waals surface area contributed by atoms with Gasteiger partial charge in [-0.05, 0) is 55.5 Å². The number of pyridine rings is 1. The number of nitrogens with zero attached hydrogens (tertiary/aromatic N) is 2. The van der Waals surface area contributed by atoms with Crippen LogP contribution in [0.4, 0.5) is 11.4 Å². The van der Waals surface area contributed by atoms with Crippen LogP contribution in [0.25, 0.3) is 0 Å². The molecule has 0 bridgehead atoms. The number of carbonyl (C=O) groups is 2. The quantitative estimate of drug-likeness (QED) is 0.652. The predicted octanol–water partition coefficient (Wildman–Crippen LogP) is 5.12. The average Bonchev–Trinajstić information content (AvgIpc) is 2.81. The maximum atomic E-state index is 12.9. The summed E-state index contributed by atoms with van der Waals surface area (Å²) in [7, 11) is 0. The Morgan fingerprint density at radius 3 is 2.82 bits per heavy atom. The van der Waals surface area contributed by atoms with Gasteiger partial charge < -0.3 is 10.2 Å². The Morgan fingerprint density at radius 1 is 1.18 bits per heavy atom. The fourth-order valence-electron chi connectivity index (χ4n) is 3.04. The number of hydrogen-bond donors (Lipinski definition) is 1. The molecule has 4 rings (SSSR count). The van der Waals surface area contributed by atoms with Crippen LogP contribution in [-0.2, 0) is 0 Å². The molecular formula is C21H16ClN3O2S. The smallest absolute Gasteiger partial charge is 0.261 e. The van der Waals surface area contributed by atoms with E-state index in [2.05, 4.69) is 10.3 Å². The summed E-state index contributed by atoms with van der Waals surface area (Å²) in [5, 5.41) is 4.05. The molecule has 0 aliphatic carbocycles. The molecule has 1 aliphatic rings. The summed E-state index contributed by atoms with van der Waals surface area (Å²) < 4.78 is 0. The van der Waals surface area contributed by atoms with Crippen LogP contribution in [0.3, 0.4) is 0 Å². The number of halogens is 1. The van der Waals surface area contributed by atoms with Crippen LogP contribution in [0.15, 0.2) is 70.7 Å². The van der Waals surface area contributed by atoms with E-state index in [1.165, 1.54) is 11.8 Å². The van der Waals surface area contributed by atoms with Gasteiger partial charge in [0.15, 0.2) is 0 Å². The van der Waals surface area contributed by atoms with Crippen molar-refractivity contribution in [3.05, 3.63) is 76.9 Å². The van der Waals surface area contributed by atoms with Gasteiger partial charge in [0, 0.05) is 33.9 Å². The zero-order chi connectivity index (χ0) is 19.7. The van der Waals surface area contributed by atoms with Gasteiger partial charge in [-0.15, -0.1) is 0 Å². The van der Waals surface area contributed by atoms with Crippen LogP contribution in [0, 0.1) is 0 Å². The van der Waals surface area contributed by atoms with Crippen molar-refractivity contribution in [2.24, 2.45) is 0 Å². The van der Waals surface area contributed by atoms with Gasteiger partial charge in [-0.1, -0.05) is 29.4 Å². The molecule has 0 fully saturated rings. The molecule has 0 radical (unpaired) electrons. The zero-order valence-electron chi connectivity index (χ0n) is 15.0. The third-order valence-corrected chi connectivity index (χ3v) is 5.67. The molecule has 7 heteroatoms. The lowest BCUT2D eigenvalue weighted by Crippen LogP contribution is -2.30. The van der Waals surface area contributed by atoms with Crippen molar-refractivity contribution in [3.63, 3.8) is 0 Å². The van der Waals surface area contributed by atoms with Gasteiger partial charge in [0.25, 0.3) is 11.8 Å². The van der Waals surface area contributed by atoms with Crippen LogP contribution in [0.2, 0.25) is 5.02 Å². The molecule has 3 aromatic rings. The van der Waals surface area contributed by atoms with Crippen LogP contribution >= 0.6 is 23.4 Å². The van der Waals surface area contributed by atoms with E-state index >= 15 is 0 Å². The minimum absolute atomic E-state index is 0.0763. The Morgan fingerprint density at radius 2 is 2.04 bits per heavy atom. The van der Waals surface area contributed by atoms with Crippen molar-refractivity contribution < 1.29 is 9.59 Å². The van der Waals surface area contributed by atoms with Crippen molar-refractivity contribution in [2.45, 2.75) is 16.8 Å². The Bertz CT molecular complexity index is 1090. The molecule has 2 aromatic carbocycles. The van der Waals surface area contributed by atoms with Gasteiger partial charge in [-0.25, -0.2) is 4.98 Å². The molecule has 1 N–H and O–H groups in total. The second-order valence-electron chi connectivity index (χ2n) is 6.15. The summed E-state index contributed by atoms with van der Waals surface area (Å²) in [6, 6.07) is 15.8. The number of hydrogen-bond acceptors (Lipinski definition) is 4. The molecule has 1 aliphatic heterocycles. The summed E-state index contributed by atoms with van der Waals surface area (Å²) in [5.41, 5.74) is 2.50. The van der Waals surface area contributed by atoms with Crippen LogP contribution in [-0.4, -0.2) is 23.3 Å². The molecular weight excluding hydrogens is 394 g/mol. The van der Waals surface area contributed by atoms with E-state index in [0.29, 0.717) is 33.4 Å². The summed E-state index contributed by atoms with van der Waals surface area (Å²) in [5.74, 6) is -0.324. The van der Waals surface area contributed by atoms with Crippen molar-refractivity contribution in [3.8, 4) is 0 Å². The highest BCUT2D eigenvalue weighted by Gasteiger charge is 2.27. The molecule has 5 nitrogen and oxygen atoms in total. The number of benzene rings is 2. The molecule has 28 heavy (non-hydrogen) atoms. The minimum Gasteiger partial charge on any atom is -0.322 e. The highest BCUT2D eigenvalue weighted by molar-refractivity contribution is 7.99. The molecule has 0 unspecified atom stereocenters. The van der Waals surface area contributed by atoms with Crippen molar-refractivity contribution in [1.82, 2.24) is 4.98 Å². The molecule has 1 aromatic heterocycles. The Balaban J connectivity index is 1.69. The number of aromatic nitrogens is 1. The highest BCUT2D eigenvalue weighted by atomic mass is 35.5. The first-order valence-electron chi connectivity index (χ1n) is 8.72. The Labute approximate surface area is 171 Å². The zero-order valence-corrected chi connectivity index (χ0v) is 16.6. The maximum Gasteiger partial charge on any atom is 0.261 e. The summed E-state index contributed by atoms with van der Waals surface area (Å²) in [6.45, 7) is 2.47. The molecule has 2 amide bonds. The number of rotatable bonds is 3. The van der Waals surface area contributed by atoms with Crippen molar-refractivity contribution >= 4 is 46.6 Å². The Hall–Kier alpha value is -2.83. The van der Waals surface area contributed by atoms with Crippen molar-refractivity contribution in [2.75, 3.05) is 16.8 Å². The van der Waals surface area contributed by atoms with E-state index in [-0.39, 0.29) is 11.8 Å². The summed E-state index contributed by atoms with van der Waals surface area (Å²) in [4.78, 5) is 32.4. The third kappa shape index (κ3) is 3.48. The minimum atomic E-state index is -0.247. The summed E-state index contributed by atoms with van der Waals surface area (Å²) >= 11 is 7.39. The largest absolute Gasteiger partial charge is 0.322 e. The normalized spacial score (nSPS) is 12.8. The average molecular weight is 410 g/mol. The van der Waals surface area contributed by atoms with Crippen LogP contribution in [0.5, 0.6) is 0 Å². The topological polar surface area (TPSA) is 62.3 Å². The lowest BCUT2D eigenvalue weighted by Gasteiger charge is -2.21. The van der Waals surface area contributed by atoms with E-state index in [0.717, 1.165) is 10.6 Å². The predicted molar refractivity (Wildman–Crippen MR) is 112 cm³/mol. The van der Waals surface area contributed by atoms with E-state index in [1.54, 1.807) is 53.6 Å². The van der Waals surface area contributed by atoms with Crippen LogP contribution < -0.4 is 10.2 Å². The first-order chi connectivity index (χ1) is 13.6. The molecule has 140 valence electrons. The molecule has 2 heterocycles. The maximum absolute atomic E-state index is 12.9. The molecule has 0 saturated heterocycles. The third-order valence-electron chi connectivity index (χ3n) is 4.36. The number of amides is 2. The fraction of sp³-hybridized carbons (Fsp3) is 0.0952. The standard InChI is InChI=1S/C21H16ClN3O2S/c1-2-25-17-9-8-15(24-19(26)13-5-3-6-14(22)11-13)12-18(17)28-20-16(21(25)27)7-4-10-23-20/h3-12H,2H2,1H3,(H,24,26). The second-order valence-corrected chi connectivity index (χ2v) is 7.62. The highest BCUT2D eigenvalue weighted by Crippen LogP contribution is 2.41. The van der Waals surface area contributed by atoms with E-state index in [4.69, 9.17) is 11.6 Å².